The number of carbonyl (C=O) groups excluding carboxylic acids is 1. The molecule has 2 nitrogen and oxygen atoms in total. The van der Waals surface area contributed by atoms with Gasteiger partial charge in [0.15, 0.2) is 5.78 Å². The number of benzene rings is 1. The average Bonchev–Trinajstić information content (AvgIpc) is 2.54. The highest BCUT2D eigenvalue weighted by atomic mass is 16.1. The van der Waals surface area contributed by atoms with Crippen molar-refractivity contribution in [3.8, 4) is 0 Å². The van der Waals surface area contributed by atoms with Gasteiger partial charge in [-0.05, 0) is 25.6 Å². The molecule has 0 unspecified atom stereocenters. The number of likely N-dealkylation sites (N-methyl/N-ethyl adjacent to an activating group) is 1. The molecular weight excluding hydrogens is 186 g/mol. The minimum atomic E-state index is 0.263. The Morgan fingerprint density at radius 2 is 2.07 bits per heavy atom. The van der Waals surface area contributed by atoms with Crippen molar-refractivity contribution in [2.24, 2.45) is 5.92 Å². The van der Waals surface area contributed by atoms with E-state index in [4.69, 9.17) is 0 Å². The molecular formula is C13H15NO. The van der Waals surface area contributed by atoms with Crippen LogP contribution in [0.2, 0.25) is 0 Å². The molecule has 78 valence electrons. The lowest BCUT2D eigenvalue weighted by molar-refractivity contribution is 0.0861. The third kappa shape index (κ3) is 1.25. The van der Waals surface area contributed by atoms with Crippen molar-refractivity contribution in [1.29, 1.82) is 0 Å². The molecule has 1 saturated heterocycles. The number of carbonyl (C=O) groups is 1. The summed E-state index contributed by atoms with van der Waals surface area (Å²) in [6.45, 7) is 2.09. The molecule has 2 heteroatoms. The van der Waals surface area contributed by atoms with Crippen LogP contribution in [0.25, 0.3) is 0 Å². The number of Topliss-reactive ketones (excluding diaryl/α,β-unsaturated/α-hetero) is 1. The highest BCUT2D eigenvalue weighted by molar-refractivity contribution is 6.03. The van der Waals surface area contributed by atoms with Gasteiger partial charge in [-0.3, -0.25) is 4.79 Å². The molecule has 1 aromatic rings. The van der Waals surface area contributed by atoms with Crippen molar-refractivity contribution in [2.45, 2.75) is 12.3 Å². The van der Waals surface area contributed by atoms with Gasteiger partial charge >= 0.3 is 0 Å². The standard InChI is InChI=1S/C13H15NO/c1-14-7-6-11-12(8-14)9-4-2-3-5-10(9)13(11)15/h2-5,11-12H,6-8H2,1H3/t11-,12-/m1/s1. The zero-order valence-corrected chi connectivity index (χ0v) is 8.94. The Morgan fingerprint density at radius 1 is 1.27 bits per heavy atom. The Balaban J connectivity index is 2.06. The van der Waals surface area contributed by atoms with E-state index in [-0.39, 0.29) is 5.92 Å². The third-order valence-electron chi connectivity index (χ3n) is 3.78. The highest BCUT2D eigenvalue weighted by Gasteiger charge is 2.41. The molecule has 0 amide bonds. The second kappa shape index (κ2) is 3.17. The Kier molecular flexibility index (Phi) is 1.93. The van der Waals surface area contributed by atoms with Crippen molar-refractivity contribution in [2.75, 3.05) is 20.1 Å². The molecule has 3 rings (SSSR count). The molecule has 0 aromatic heterocycles. The van der Waals surface area contributed by atoms with E-state index in [1.807, 2.05) is 18.2 Å². The number of ketones is 1. The van der Waals surface area contributed by atoms with Gasteiger partial charge in [0, 0.05) is 23.9 Å². The minimum Gasteiger partial charge on any atom is -0.306 e. The predicted octanol–water partition coefficient (Wildman–Crippen LogP) is 1.92. The first-order valence-electron chi connectivity index (χ1n) is 5.59. The summed E-state index contributed by atoms with van der Waals surface area (Å²) in [5.41, 5.74) is 2.25. The highest BCUT2D eigenvalue weighted by Crippen LogP contribution is 2.42. The summed E-state index contributed by atoms with van der Waals surface area (Å²) in [6.07, 6.45) is 1.02. The summed E-state index contributed by atoms with van der Waals surface area (Å²) in [7, 11) is 2.14. The molecule has 1 heterocycles. The molecule has 1 aromatic carbocycles. The third-order valence-corrected chi connectivity index (χ3v) is 3.78. The molecule has 0 saturated carbocycles. The Morgan fingerprint density at radius 3 is 2.93 bits per heavy atom. The Labute approximate surface area is 89.9 Å². The fourth-order valence-corrected chi connectivity index (χ4v) is 2.99. The van der Waals surface area contributed by atoms with Crippen LogP contribution in [0.3, 0.4) is 0 Å². The molecule has 0 bridgehead atoms. The van der Waals surface area contributed by atoms with Crippen LogP contribution in [0.15, 0.2) is 24.3 Å². The summed E-state index contributed by atoms with van der Waals surface area (Å²) < 4.78 is 0. The number of piperidine rings is 1. The van der Waals surface area contributed by atoms with Crippen LogP contribution >= 0.6 is 0 Å². The van der Waals surface area contributed by atoms with Gasteiger partial charge in [0.2, 0.25) is 0 Å². The number of rotatable bonds is 0. The van der Waals surface area contributed by atoms with Gasteiger partial charge in [-0.1, -0.05) is 24.3 Å². The van der Waals surface area contributed by atoms with E-state index in [2.05, 4.69) is 18.0 Å². The van der Waals surface area contributed by atoms with Crippen LogP contribution in [-0.4, -0.2) is 30.8 Å². The van der Waals surface area contributed by atoms with Crippen LogP contribution in [0.4, 0.5) is 0 Å². The van der Waals surface area contributed by atoms with Gasteiger partial charge in [-0.15, -0.1) is 0 Å². The lowest BCUT2D eigenvalue weighted by Gasteiger charge is -2.31. The van der Waals surface area contributed by atoms with E-state index in [1.165, 1.54) is 5.56 Å². The number of nitrogens with zero attached hydrogens (tertiary/aromatic N) is 1. The van der Waals surface area contributed by atoms with Crippen molar-refractivity contribution >= 4 is 5.78 Å². The monoisotopic (exact) mass is 201 g/mol. The first kappa shape index (κ1) is 9.10. The molecule has 1 aliphatic heterocycles. The van der Waals surface area contributed by atoms with Gasteiger partial charge in [0.05, 0.1) is 0 Å². The maximum Gasteiger partial charge on any atom is 0.166 e. The maximum atomic E-state index is 12.1. The van der Waals surface area contributed by atoms with Gasteiger partial charge in [0.25, 0.3) is 0 Å². The molecule has 2 atom stereocenters. The molecule has 0 spiro atoms. The molecule has 0 radical (unpaired) electrons. The molecule has 2 aliphatic rings. The lowest BCUT2D eigenvalue weighted by Crippen LogP contribution is -2.36. The van der Waals surface area contributed by atoms with Crippen molar-refractivity contribution < 1.29 is 4.79 Å². The van der Waals surface area contributed by atoms with Gasteiger partial charge < -0.3 is 4.90 Å². The summed E-state index contributed by atoms with van der Waals surface area (Å²) in [5, 5.41) is 0. The van der Waals surface area contributed by atoms with Crippen LogP contribution in [0.1, 0.15) is 28.3 Å². The van der Waals surface area contributed by atoms with Crippen LogP contribution < -0.4 is 0 Å². The normalized spacial score (nSPS) is 30.1. The summed E-state index contributed by atoms with van der Waals surface area (Å²) in [5.74, 6) is 1.09. The van der Waals surface area contributed by atoms with E-state index in [9.17, 15) is 4.79 Å². The fraction of sp³-hybridized carbons (Fsp3) is 0.462. The molecule has 15 heavy (non-hydrogen) atoms. The Hall–Kier alpha value is -1.15. The second-order valence-electron chi connectivity index (χ2n) is 4.72. The fourth-order valence-electron chi connectivity index (χ4n) is 2.99. The number of likely N-dealkylation sites (tertiary alicyclic amines) is 1. The van der Waals surface area contributed by atoms with Crippen molar-refractivity contribution in [3.05, 3.63) is 35.4 Å². The Bertz CT molecular complexity index is 413. The summed E-state index contributed by atoms with van der Waals surface area (Å²) in [4.78, 5) is 14.4. The van der Waals surface area contributed by atoms with Gasteiger partial charge in [-0.2, -0.15) is 0 Å². The van der Waals surface area contributed by atoms with E-state index >= 15 is 0 Å². The van der Waals surface area contributed by atoms with E-state index in [1.54, 1.807) is 0 Å². The smallest absolute Gasteiger partial charge is 0.166 e. The van der Waals surface area contributed by atoms with E-state index in [0.717, 1.165) is 25.1 Å². The number of hydrogen-bond donors (Lipinski definition) is 0. The number of fused-ring (bicyclic) bond motifs is 3. The molecule has 1 aliphatic carbocycles. The second-order valence-corrected chi connectivity index (χ2v) is 4.72. The minimum absolute atomic E-state index is 0.263. The maximum absolute atomic E-state index is 12.1. The molecule has 0 N–H and O–H groups in total. The SMILES string of the molecule is CN1CC[C@H]2C(=O)c3ccccc3[C@H]2C1. The average molecular weight is 201 g/mol. The van der Waals surface area contributed by atoms with Gasteiger partial charge in [0.1, 0.15) is 0 Å². The summed E-state index contributed by atoms with van der Waals surface area (Å²) >= 11 is 0. The quantitative estimate of drug-likeness (QED) is 0.639. The first-order valence-corrected chi connectivity index (χ1v) is 5.59. The first-order chi connectivity index (χ1) is 7.27. The van der Waals surface area contributed by atoms with Crippen LogP contribution in [-0.2, 0) is 0 Å². The van der Waals surface area contributed by atoms with Crippen molar-refractivity contribution in [1.82, 2.24) is 4.90 Å². The largest absolute Gasteiger partial charge is 0.306 e. The zero-order valence-electron chi connectivity index (χ0n) is 8.94. The topological polar surface area (TPSA) is 20.3 Å². The van der Waals surface area contributed by atoms with Gasteiger partial charge in [-0.25, -0.2) is 0 Å². The van der Waals surface area contributed by atoms with Crippen LogP contribution in [0.5, 0.6) is 0 Å². The van der Waals surface area contributed by atoms with E-state index in [0.29, 0.717) is 11.7 Å². The summed E-state index contributed by atoms with van der Waals surface area (Å²) in [6, 6.07) is 8.12. The number of hydrogen-bond acceptors (Lipinski definition) is 2. The lowest BCUT2D eigenvalue weighted by atomic mass is 9.86. The predicted molar refractivity (Wildman–Crippen MR) is 59.1 cm³/mol. The van der Waals surface area contributed by atoms with E-state index < -0.39 is 0 Å². The molecule has 1 fully saturated rings. The zero-order chi connectivity index (χ0) is 10.4. The van der Waals surface area contributed by atoms with Crippen molar-refractivity contribution in [3.63, 3.8) is 0 Å². The van der Waals surface area contributed by atoms with Crippen LogP contribution in [0, 0.1) is 5.92 Å².